The van der Waals surface area contributed by atoms with Crippen molar-refractivity contribution in [2.24, 2.45) is 5.73 Å². The molecule has 1 heterocycles. The molecule has 0 aliphatic carbocycles. The van der Waals surface area contributed by atoms with Gasteiger partial charge in [-0.05, 0) is 31.0 Å². The standard InChI is InChI=1S/C13H14BrF3N2O/c14-11-4-3-8(6-10(11)13(15,16)17)12(20)19-5-1-2-9(18)7-19/h3-4,6,9H,1-2,5,7,18H2/t9-/m1/s1. The summed E-state index contributed by atoms with van der Waals surface area (Å²) in [5.74, 6) is -0.404. The number of likely N-dealkylation sites (tertiary alicyclic amines) is 1. The summed E-state index contributed by atoms with van der Waals surface area (Å²) in [6, 6.07) is 3.42. The molecule has 1 atom stereocenters. The minimum atomic E-state index is -4.49. The summed E-state index contributed by atoms with van der Waals surface area (Å²) in [5, 5.41) is 0. The van der Waals surface area contributed by atoms with Gasteiger partial charge in [-0.25, -0.2) is 0 Å². The van der Waals surface area contributed by atoms with Crippen molar-refractivity contribution >= 4 is 21.8 Å². The number of rotatable bonds is 1. The van der Waals surface area contributed by atoms with E-state index in [0.717, 1.165) is 18.9 Å². The molecule has 0 bridgehead atoms. The quantitative estimate of drug-likeness (QED) is 0.846. The van der Waals surface area contributed by atoms with Crippen LogP contribution in [0.15, 0.2) is 22.7 Å². The molecule has 20 heavy (non-hydrogen) atoms. The maximum absolute atomic E-state index is 12.8. The molecular weight excluding hydrogens is 337 g/mol. The number of hydrogen-bond acceptors (Lipinski definition) is 2. The number of amides is 1. The van der Waals surface area contributed by atoms with E-state index >= 15 is 0 Å². The van der Waals surface area contributed by atoms with Crippen LogP contribution in [0.2, 0.25) is 0 Å². The predicted molar refractivity (Wildman–Crippen MR) is 72.3 cm³/mol. The third kappa shape index (κ3) is 3.32. The largest absolute Gasteiger partial charge is 0.417 e. The van der Waals surface area contributed by atoms with E-state index in [-0.39, 0.29) is 16.1 Å². The van der Waals surface area contributed by atoms with Gasteiger partial charge in [0.1, 0.15) is 0 Å². The molecule has 1 amide bonds. The molecule has 1 aromatic carbocycles. The minimum Gasteiger partial charge on any atom is -0.337 e. The number of nitrogens with zero attached hydrogens (tertiary/aromatic N) is 1. The van der Waals surface area contributed by atoms with E-state index in [1.165, 1.54) is 17.0 Å². The summed E-state index contributed by atoms with van der Waals surface area (Å²) in [6.45, 7) is 0.917. The van der Waals surface area contributed by atoms with E-state index in [1.807, 2.05) is 0 Å². The van der Waals surface area contributed by atoms with Gasteiger partial charge in [-0.1, -0.05) is 15.9 Å². The highest BCUT2D eigenvalue weighted by atomic mass is 79.9. The van der Waals surface area contributed by atoms with E-state index in [1.54, 1.807) is 0 Å². The van der Waals surface area contributed by atoms with Crippen molar-refractivity contribution in [3.8, 4) is 0 Å². The smallest absolute Gasteiger partial charge is 0.337 e. The Morgan fingerprint density at radius 1 is 1.40 bits per heavy atom. The van der Waals surface area contributed by atoms with Gasteiger partial charge in [0, 0.05) is 29.2 Å². The van der Waals surface area contributed by atoms with E-state index in [0.29, 0.717) is 13.1 Å². The first kappa shape index (κ1) is 15.3. The monoisotopic (exact) mass is 350 g/mol. The lowest BCUT2D eigenvalue weighted by atomic mass is 10.0. The molecule has 0 unspecified atom stereocenters. The molecule has 1 aliphatic heterocycles. The second-order valence-electron chi connectivity index (χ2n) is 4.85. The number of carbonyl (C=O) groups is 1. The third-order valence-electron chi connectivity index (χ3n) is 3.26. The molecule has 3 nitrogen and oxygen atoms in total. The molecule has 2 rings (SSSR count). The maximum atomic E-state index is 12.8. The molecule has 1 aliphatic rings. The maximum Gasteiger partial charge on any atom is 0.417 e. The predicted octanol–water partition coefficient (Wildman–Crippen LogP) is 3.03. The second kappa shape index (κ2) is 5.73. The van der Waals surface area contributed by atoms with Crippen molar-refractivity contribution in [1.29, 1.82) is 0 Å². The van der Waals surface area contributed by atoms with Crippen molar-refractivity contribution in [3.05, 3.63) is 33.8 Å². The normalized spacial score (nSPS) is 20.1. The highest BCUT2D eigenvalue weighted by molar-refractivity contribution is 9.10. The Bertz CT molecular complexity index is 519. The lowest BCUT2D eigenvalue weighted by Crippen LogP contribution is -2.45. The average Bonchev–Trinajstić information content (AvgIpc) is 2.37. The van der Waals surface area contributed by atoms with Gasteiger partial charge in [0.05, 0.1) is 5.56 Å². The topological polar surface area (TPSA) is 46.3 Å². The Kier molecular flexibility index (Phi) is 4.39. The molecule has 0 aromatic heterocycles. The average molecular weight is 351 g/mol. The van der Waals surface area contributed by atoms with E-state index in [9.17, 15) is 18.0 Å². The van der Waals surface area contributed by atoms with Gasteiger partial charge >= 0.3 is 6.18 Å². The Morgan fingerprint density at radius 2 is 2.10 bits per heavy atom. The van der Waals surface area contributed by atoms with Crippen molar-refractivity contribution in [1.82, 2.24) is 4.90 Å². The summed E-state index contributed by atoms with van der Waals surface area (Å²) in [5.41, 5.74) is 4.98. The molecule has 110 valence electrons. The zero-order chi connectivity index (χ0) is 14.9. The molecule has 0 radical (unpaired) electrons. The summed E-state index contributed by atoms with van der Waals surface area (Å²) < 4.78 is 38.4. The van der Waals surface area contributed by atoms with Gasteiger partial charge < -0.3 is 10.6 Å². The first-order chi connectivity index (χ1) is 9.29. The number of piperidine rings is 1. The SMILES string of the molecule is N[C@@H]1CCCN(C(=O)c2ccc(Br)c(C(F)(F)F)c2)C1. The van der Waals surface area contributed by atoms with Crippen LogP contribution < -0.4 is 5.73 Å². The van der Waals surface area contributed by atoms with Gasteiger partial charge in [0.15, 0.2) is 0 Å². The fourth-order valence-corrected chi connectivity index (χ4v) is 2.72. The van der Waals surface area contributed by atoms with Crippen LogP contribution in [-0.4, -0.2) is 29.9 Å². The molecule has 1 fully saturated rings. The molecule has 0 saturated carbocycles. The number of nitrogens with two attached hydrogens (primary N) is 1. The van der Waals surface area contributed by atoms with Crippen molar-refractivity contribution in [3.63, 3.8) is 0 Å². The summed E-state index contributed by atoms with van der Waals surface area (Å²) >= 11 is 2.86. The van der Waals surface area contributed by atoms with E-state index < -0.39 is 17.6 Å². The fourth-order valence-electron chi connectivity index (χ4n) is 2.25. The zero-order valence-corrected chi connectivity index (χ0v) is 12.2. The van der Waals surface area contributed by atoms with Crippen LogP contribution >= 0.6 is 15.9 Å². The van der Waals surface area contributed by atoms with Gasteiger partial charge in [-0.3, -0.25) is 4.79 Å². The number of halogens is 4. The van der Waals surface area contributed by atoms with Crippen LogP contribution in [0.5, 0.6) is 0 Å². The number of hydrogen-bond donors (Lipinski definition) is 1. The number of benzene rings is 1. The molecule has 2 N–H and O–H groups in total. The van der Waals surface area contributed by atoms with Crippen LogP contribution in [0.1, 0.15) is 28.8 Å². The Labute approximate surface area is 123 Å². The molecular formula is C13H14BrF3N2O. The highest BCUT2D eigenvalue weighted by Crippen LogP contribution is 2.35. The Morgan fingerprint density at radius 3 is 2.70 bits per heavy atom. The van der Waals surface area contributed by atoms with Gasteiger partial charge in [-0.15, -0.1) is 0 Å². The summed E-state index contributed by atoms with van der Waals surface area (Å²) in [4.78, 5) is 13.7. The van der Waals surface area contributed by atoms with Gasteiger partial charge in [0.2, 0.25) is 0 Å². The van der Waals surface area contributed by atoms with Crippen LogP contribution in [0.25, 0.3) is 0 Å². The second-order valence-corrected chi connectivity index (χ2v) is 5.70. The summed E-state index contributed by atoms with van der Waals surface area (Å²) in [6.07, 6.45) is -2.89. The van der Waals surface area contributed by atoms with E-state index in [2.05, 4.69) is 15.9 Å². The summed E-state index contributed by atoms with van der Waals surface area (Å²) in [7, 11) is 0. The minimum absolute atomic E-state index is 0.0367. The van der Waals surface area contributed by atoms with Crippen LogP contribution in [0, 0.1) is 0 Å². The number of alkyl halides is 3. The van der Waals surface area contributed by atoms with Crippen LogP contribution in [0.3, 0.4) is 0 Å². The van der Waals surface area contributed by atoms with E-state index in [4.69, 9.17) is 5.73 Å². The Hall–Kier alpha value is -1.08. The van der Waals surface area contributed by atoms with Crippen molar-refractivity contribution < 1.29 is 18.0 Å². The Balaban J connectivity index is 2.26. The lowest BCUT2D eigenvalue weighted by molar-refractivity contribution is -0.138. The molecule has 1 aromatic rings. The molecule has 0 spiro atoms. The fraction of sp³-hybridized carbons (Fsp3) is 0.462. The highest BCUT2D eigenvalue weighted by Gasteiger charge is 2.34. The van der Waals surface area contributed by atoms with Crippen molar-refractivity contribution in [2.75, 3.05) is 13.1 Å². The van der Waals surface area contributed by atoms with Crippen molar-refractivity contribution in [2.45, 2.75) is 25.1 Å². The first-order valence-electron chi connectivity index (χ1n) is 6.20. The molecule has 1 saturated heterocycles. The van der Waals surface area contributed by atoms with Crippen LogP contribution in [0.4, 0.5) is 13.2 Å². The third-order valence-corrected chi connectivity index (χ3v) is 3.96. The lowest BCUT2D eigenvalue weighted by Gasteiger charge is -2.31. The van der Waals surface area contributed by atoms with Crippen LogP contribution in [-0.2, 0) is 6.18 Å². The van der Waals surface area contributed by atoms with Gasteiger partial charge in [0.25, 0.3) is 5.91 Å². The first-order valence-corrected chi connectivity index (χ1v) is 7.00. The van der Waals surface area contributed by atoms with Gasteiger partial charge in [-0.2, -0.15) is 13.2 Å². The zero-order valence-electron chi connectivity index (χ0n) is 10.6. The molecule has 7 heteroatoms. The number of carbonyl (C=O) groups excluding carboxylic acids is 1.